The van der Waals surface area contributed by atoms with Gasteiger partial charge in [-0.2, -0.15) is 13.2 Å². The van der Waals surface area contributed by atoms with Crippen molar-refractivity contribution in [3.8, 4) is 10.7 Å². The Morgan fingerprint density at radius 2 is 2.04 bits per heavy atom. The van der Waals surface area contributed by atoms with E-state index in [1.807, 2.05) is 18.2 Å². The van der Waals surface area contributed by atoms with E-state index in [1.54, 1.807) is 17.6 Å². The largest absolute Gasteiger partial charge is 0.406 e. The number of halogens is 3. The summed E-state index contributed by atoms with van der Waals surface area (Å²) in [7, 11) is 2.11. The Hall–Kier alpha value is -2.06. The zero-order valence-corrected chi connectivity index (χ0v) is 15.8. The summed E-state index contributed by atoms with van der Waals surface area (Å²) in [6.07, 6.45) is -0.631. The van der Waals surface area contributed by atoms with Crippen molar-refractivity contribution in [3.63, 3.8) is 0 Å². The van der Waals surface area contributed by atoms with Crippen LogP contribution in [-0.2, 0) is 6.54 Å². The third-order valence-corrected chi connectivity index (χ3v) is 5.81. The molecule has 4 rings (SSSR count). The summed E-state index contributed by atoms with van der Waals surface area (Å²) in [6, 6.07) is 7.68. The number of rotatable bonds is 4. The molecule has 0 aliphatic carbocycles. The van der Waals surface area contributed by atoms with Gasteiger partial charge in [0.1, 0.15) is 11.6 Å². The Kier molecular flexibility index (Phi) is 4.86. The molecule has 1 saturated heterocycles. The molecule has 1 N–H and O–H groups in total. The third-order valence-electron chi connectivity index (χ3n) is 5.01. The molecule has 0 amide bonds. The van der Waals surface area contributed by atoms with Gasteiger partial charge in [0.25, 0.3) is 0 Å². The van der Waals surface area contributed by atoms with Gasteiger partial charge in [0, 0.05) is 28.7 Å². The fraction of sp³-hybridized carbons (Fsp3) is 0.421. The molecule has 0 radical (unpaired) electrons. The van der Waals surface area contributed by atoms with Crippen molar-refractivity contribution in [1.82, 2.24) is 14.5 Å². The van der Waals surface area contributed by atoms with Gasteiger partial charge in [-0.05, 0) is 51.2 Å². The van der Waals surface area contributed by atoms with Gasteiger partial charge in [-0.1, -0.05) is 6.07 Å². The third kappa shape index (κ3) is 3.96. The average Bonchev–Trinajstić information content (AvgIpc) is 3.25. The van der Waals surface area contributed by atoms with Gasteiger partial charge < -0.3 is 14.8 Å². The van der Waals surface area contributed by atoms with Crippen molar-refractivity contribution >= 4 is 27.9 Å². The highest BCUT2D eigenvalue weighted by Crippen LogP contribution is 2.36. The van der Waals surface area contributed by atoms with Gasteiger partial charge in [-0.25, -0.2) is 4.98 Å². The van der Waals surface area contributed by atoms with Crippen LogP contribution in [0.5, 0.6) is 0 Å². The van der Waals surface area contributed by atoms with Crippen molar-refractivity contribution in [2.75, 3.05) is 25.5 Å². The summed E-state index contributed by atoms with van der Waals surface area (Å²) >= 11 is 1.35. The molecule has 0 atom stereocenters. The topological polar surface area (TPSA) is 33.1 Å². The molecule has 0 unspecified atom stereocenters. The molecule has 0 saturated carbocycles. The first-order chi connectivity index (χ1) is 12.9. The van der Waals surface area contributed by atoms with Crippen molar-refractivity contribution in [2.24, 2.45) is 0 Å². The molecule has 3 aromatic rings. The second kappa shape index (κ2) is 7.16. The number of nitrogens with one attached hydrogen (secondary N) is 1. The second-order valence-corrected chi connectivity index (χ2v) is 7.92. The Bertz CT molecular complexity index is 909. The molecular formula is C19H21F3N4S. The molecular weight excluding hydrogens is 373 g/mol. The van der Waals surface area contributed by atoms with Gasteiger partial charge >= 0.3 is 6.18 Å². The van der Waals surface area contributed by atoms with Crippen LogP contribution >= 0.6 is 11.3 Å². The van der Waals surface area contributed by atoms with Crippen LogP contribution in [0, 0.1) is 0 Å². The normalized spacial score (nSPS) is 16.9. The van der Waals surface area contributed by atoms with E-state index < -0.39 is 12.7 Å². The molecule has 8 heteroatoms. The van der Waals surface area contributed by atoms with E-state index in [0.717, 1.165) is 37.0 Å². The first kappa shape index (κ1) is 18.3. The van der Waals surface area contributed by atoms with Crippen molar-refractivity contribution in [2.45, 2.75) is 31.6 Å². The number of anilines is 1. The van der Waals surface area contributed by atoms with Crippen LogP contribution in [0.4, 0.5) is 18.9 Å². The number of piperidine rings is 1. The average molecular weight is 394 g/mol. The highest BCUT2D eigenvalue weighted by Gasteiger charge is 2.31. The molecule has 1 aliphatic rings. The summed E-state index contributed by atoms with van der Waals surface area (Å²) < 4.78 is 41.0. The first-order valence-electron chi connectivity index (χ1n) is 8.95. The molecule has 4 nitrogen and oxygen atoms in total. The lowest BCUT2D eigenvalue weighted by Gasteiger charge is -2.30. The van der Waals surface area contributed by atoms with E-state index in [1.165, 1.54) is 15.9 Å². The number of alkyl halides is 3. The lowest BCUT2D eigenvalue weighted by atomic mass is 10.0. The smallest absolute Gasteiger partial charge is 0.382 e. The minimum atomic E-state index is -4.30. The minimum absolute atomic E-state index is 0.334. The Balaban J connectivity index is 1.75. The highest BCUT2D eigenvalue weighted by molar-refractivity contribution is 7.13. The summed E-state index contributed by atoms with van der Waals surface area (Å²) in [5, 5.41) is 6.74. The quantitative estimate of drug-likeness (QED) is 0.688. The Labute approximate surface area is 159 Å². The standard InChI is InChI=1S/C19H21F3N4S/c1-25-8-5-13(6-9-25)24-15-3-2-4-16-14(15)11-17(18-23-7-10-27-18)26(16)12-19(20,21)22/h2-4,7,10-11,13,24H,5-6,8-9,12H2,1H3. The molecule has 27 heavy (non-hydrogen) atoms. The zero-order chi connectivity index (χ0) is 19.0. The predicted molar refractivity (Wildman–Crippen MR) is 103 cm³/mol. The summed E-state index contributed by atoms with van der Waals surface area (Å²) in [5.74, 6) is 0. The Morgan fingerprint density at radius 3 is 2.70 bits per heavy atom. The highest BCUT2D eigenvalue weighted by atomic mass is 32.1. The van der Waals surface area contributed by atoms with Crippen LogP contribution in [0.15, 0.2) is 35.8 Å². The maximum absolute atomic E-state index is 13.2. The van der Waals surface area contributed by atoms with Crippen molar-refractivity contribution in [1.29, 1.82) is 0 Å². The van der Waals surface area contributed by atoms with E-state index in [2.05, 4.69) is 22.2 Å². The number of likely N-dealkylation sites (tertiary alicyclic amines) is 1. The SMILES string of the molecule is CN1CCC(Nc2cccc3c2cc(-c2nccs2)n3CC(F)(F)F)CC1. The van der Waals surface area contributed by atoms with Crippen LogP contribution in [0.1, 0.15) is 12.8 Å². The number of hydrogen-bond acceptors (Lipinski definition) is 4. The van der Waals surface area contributed by atoms with Gasteiger partial charge in [0.05, 0.1) is 11.2 Å². The van der Waals surface area contributed by atoms with E-state index in [0.29, 0.717) is 22.3 Å². The van der Waals surface area contributed by atoms with Crippen LogP contribution in [0.3, 0.4) is 0 Å². The maximum Gasteiger partial charge on any atom is 0.406 e. The summed E-state index contributed by atoms with van der Waals surface area (Å²) in [6.45, 7) is 1.02. The van der Waals surface area contributed by atoms with Crippen LogP contribution in [-0.4, -0.2) is 46.8 Å². The fourth-order valence-electron chi connectivity index (χ4n) is 3.66. The monoisotopic (exact) mass is 394 g/mol. The molecule has 1 aliphatic heterocycles. The lowest BCUT2D eigenvalue weighted by molar-refractivity contribution is -0.139. The molecule has 1 aromatic carbocycles. The van der Waals surface area contributed by atoms with E-state index >= 15 is 0 Å². The Morgan fingerprint density at radius 1 is 1.26 bits per heavy atom. The van der Waals surface area contributed by atoms with Gasteiger partial charge in [0.15, 0.2) is 0 Å². The summed E-state index contributed by atoms with van der Waals surface area (Å²) in [4.78, 5) is 6.52. The zero-order valence-electron chi connectivity index (χ0n) is 15.0. The fourth-order valence-corrected chi connectivity index (χ4v) is 4.32. The van der Waals surface area contributed by atoms with Crippen LogP contribution < -0.4 is 5.32 Å². The summed E-state index contributed by atoms with van der Waals surface area (Å²) in [5.41, 5.74) is 1.98. The lowest BCUT2D eigenvalue weighted by Crippen LogP contribution is -2.36. The molecule has 3 heterocycles. The minimum Gasteiger partial charge on any atom is -0.382 e. The van der Waals surface area contributed by atoms with Crippen LogP contribution in [0.25, 0.3) is 21.6 Å². The molecule has 144 valence electrons. The predicted octanol–water partition coefficient (Wildman–Crippen LogP) is 4.83. The van der Waals surface area contributed by atoms with Gasteiger partial charge in [0.2, 0.25) is 0 Å². The van der Waals surface area contributed by atoms with Gasteiger partial charge in [-0.3, -0.25) is 0 Å². The first-order valence-corrected chi connectivity index (χ1v) is 9.82. The maximum atomic E-state index is 13.2. The van der Waals surface area contributed by atoms with E-state index in [4.69, 9.17) is 0 Å². The number of nitrogens with zero attached hydrogens (tertiary/aromatic N) is 3. The van der Waals surface area contributed by atoms with E-state index in [9.17, 15) is 13.2 Å². The number of aromatic nitrogens is 2. The molecule has 2 aromatic heterocycles. The molecule has 1 fully saturated rings. The van der Waals surface area contributed by atoms with Crippen LogP contribution in [0.2, 0.25) is 0 Å². The number of benzene rings is 1. The van der Waals surface area contributed by atoms with Crippen molar-refractivity contribution < 1.29 is 13.2 Å². The molecule has 0 spiro atoms. The second-order valence-electron chi connectivity index (χ2n) is 7.03. The number of fused-ring (bicyclic) bond motifs is 1. The number of hydrogen-bond donors (Lipinski definition) is 1. The number of thiazole rings is 1. The van der Waals surface area contributed by atoms with Gasteiger partial charge in [-0.15, -0.1) is 11.3 Å². The van der Waals surface area contributed by atoms with E-state index in [-0.39, 0.29) is 0 Å². The van der Waals surface area contributed by atoms with Crippen molar-refractivity contribution in [3.05, 3.63) is 35.8 Å². The molecule has 0 bridgehead atoms.